The summed E-state index contributed by atoms with van der Waals surface area (Å²) in [6.07, 6.45) is 1.97. The zero-order chi connectivity index (χ0) is 12.9. The molecule has 0 aliphatic heterocycles. The van der Waals surface area contributed by atoms with Gasteiger partial charge in [-0.2, -0.15) is 4.98 Å². The Morgan fingerprint density at radius 1 is 1.59 bits per heavy atom. The Balaban J connectivity index is 2.51. The van der Waals surface area contributed by atoms with Crippen molar-refractivity contribution in [3.63, 3.8) is 0 Å². The van der Waals surface area contributed by atoms with Crippen LogP contribution in [-0.4, -0.2) is 33.2 Å². The van der Waals surface area contributed by atoms with E-state index in [2.05, 4.69) is 15.3 Å². The molecule has 0 radical (unpaired) electrons. The second-order valence-corrected chi connectivity index (χ2v) is 4.32. The van der Waals surface area contributed by atoms with E-state index in [1.165, 1.54) is 13.1 Å². The largest absolute Gasteiger partial charge is 0.463 e. The van der Waals surface area contributed by atoms with Crippen molar-refractivity contribution in [3.05, 3.63) is 12.3 Å². The van der Waals surface area contributed by atoms with Gasteiger partial charge < -0.3 is 15.2 Å². The van der Waals surface area contributed by atoms with Gasteiger partial charge in [-0.1, -0.05) is 0 Å². The highest BCUT2D eigenvalue weighted by Crippen LogP contribution is 2.10. The molecule has 0 bridgehead atoms. The number of hydrogen-bond donors (Lipinski definition) is 2. The zero-order valence-electron chi connectivity index (χ0n) is 10.2. The first-order valence-corrected chi connectivity index (χ1v) is 5.33. The molecule has 0 saturated heterocycles. The number of rotatable bonds is 5. The van der Waals surface area contributed by atoms with E-state index < -0.39 is 5.60 Å². The maximum atomic E-state index is 10.8. The monoisotopic (exact) mass is 239 g/mol. The standard InChI is InChI=1S/C11H17N3O3/c1-8(15)13-9-4-6-12-10(14-9)17-7-5-11(2,3)16/h4,6,16H,5,7H2,1-3H3,(H,12,13,14,15). The van der Waals surface area contributed by atoms with Gasteiger partial charge in [0.25, 0.3) is 0 Å². The van der Waals surface area contributed by atoms with Crippen molar-refractivity contribution in [1.82, 2.24) is 9.97 Å². The lowest BCUT2D eigenvalue weighted by Gasteiger charge is -2.16. The first-order valence-electron chi connectivity index (χ1n) is 5.33. The van der Waals surface area contributed by atoms with Crippen LogP contribution in [-0.2, 0) is 4.79 Å². The highest BCUT2D eigenvalue weighted by atomic mass is 16.5. The van der Waals surface area contributed by atoms with Crippen LogP contribution in [0, 0.1) is 0 Å². The number of amides is 1. The lowest BCUT2D eigenvalue weighted by molar-refractivity contribution is -0.114. The number of ether oxygens (including phenoxy) is 1. The summed E-state index contributed by atoms with van der Waals surface area (Å²) in [5.74, 6) is 0.192. The maximum absolute atomic E-state index is 10.8. The highest BCUT2D eigenvalue weighted by molar-refractivity contribution is 5.87. The van der Waals surface area contributed by atoms with E-state index in [0.717, 1.165) is 0 Å². The van der Waals surface area contributed by atoms with Crippen LogP contribution in [0.15, 0.2) is 12.3 Å². The fourth-order valence-electron chi connectivity index (χ4n) is 1.05. The third kappa shape index (κ3) is 5.82. The molecule has 94 valence electrons. The minimum absolute atomic E-state index is 0.181. The van der Waals surface area contributed by atoms with Gasteiger partial charge in [0.1, 0.15) is 5.82 Å². The summed E-state index contributed by atoms with van der Waals surface area (Å²) in [4.78, 5) is 18.7. The number of carbonyl (C=O) groups excluding carboxylic acids is 1. The van der Waals surface area contributed by atoms with Gasteiger partial charge in [-0.15, -0.1) is 0 Å². The van der Waals surface area contributed by atoms with Gasteiger partial charge in [0.05, 0.1) is 12.2 Å². The molecule has 2 N–H and O–H groups in total. The van der Waals surface area contributed by atoms with Gasteiger partial charge in [0.2, 0.25) is 5.91 Å². The fourth-order valence-corrected chi connectivity index (χ4v) is 1.05. The van der Waals surface area contributed by atoms with Crippen molar-refractivity contribution in [1.29, 1.82) is 0 Å². The van der Waals surface area contributed by atoms with Crippen molar-refractivity contribution in [2.24, 2.45) is 0 Å². The van der Waals surface area contributed by atoms with Gasteiger partial charge in [-0.3, -0.25) is 4.79 Å². The Bertz CT molecular complexity index is 388. The minimum atomic E-state index is -0.782. The van der Waals surface area contributed by atoms with Crippen molar-refractivity contribution >= 4 is 11.7 Å². The molecule has 1 aromatic heterocycles. The summed E-state index contributed by atoms with van der Waals surface area (Å²) in [6.45, 7) is 5.11. The third-order valence-electron chi connectivity index (χ3n) is 1.88. The van der Waals surface area contributed by atoms with E-state index >= 15 is 0 Å². The Morgan fingerprint density at radius 3 is 2.88 bits per heavy atom. The second kappa shape index (κ2) is 5.58. The number of aromatic nitrogens is 2. The lowest BCUT2D eigenvalue weighted by Crippen LogP contribution is -2.22. The van der Waals surface area contributed by atoms with E-state index in [1.54, 1.807) is 19.9 Å². The minimum Gasteiger partial charge on any atom is -0.463 e. The molecular formula is C11H17N3O3. The molecule has 1 heterocycles. The number of nitrogens with zero attached hydrogens (tertiary/aromatic N) is 2. The summed E-state index contributed by atoms with van der Waals surface area (Å²) >= 11 is 0. The van der Waals surface area contributed by atoms with Crippen molar-refractivity contribution in [3.8, 4) is 6.01 Å². The number of carbonyl (C=O) groups is 1. The smallest absolute Gasteiger partial charge is 0.318 e. The van der Waals surface area contributed by atoms with Gasteiger partial charge in [0, 0.05) is 19.5 Å². The summed E-state index contributed by atoms with van der Waals surface area (Å²) in [7, 11) is 0. The van der Waals surface area contributed by atoms with Crippen LogP contribution in [0.3, 0.4) is 0 Å². The number of anilines is 1. The van der Waals surface area contributed by atoms with E-state index in [0.29, 0.717) is 18.8 Å². The molecule has 0 aliphatic rings. The quantitative estimate of drug-likeness (QED) is 0.800. The van der Waals surface area contributed by atoms with Gasteiger partial charge in [-0.25, -0.2) is 4.98 Å². The van der Waals surface area contributed by atoms with Crippen LogP contribution in [0.25, 0.3) is 0 Å². The van der Waals surface area contributed by atoms with Crippen LogP contribution in [0.2, 0.25) is 0 Å². The summed E-state index contributed by atoms with van der Waals surface area (Å²) in [5, 5.41) is 12.0. The number of hydrogen-bond acceptors (Lipinski definition) is 5. The molecule has 6 heteroatoms. The molecule has 0 saturated carbocycles. The average Bonchev–Trinajstić information content (AvgIpc) is 2.15. The Kier molecular flexibility index (Phi) is 4.39. The van der Waals surface area contributed by atoms with Crippen LogP contribution in [0.4, 0.5) is 5.82 Å². The number of aliphatic hydroxyl groups is 1. The average molecular weight is 239 g/mol. The molecule has 0 atom stereocenters. The van der Waals surface area contributed by atoms with Gasteiger partial charge in [0.15, 0.2) is 0 Å². The first kappa shape index (κ1) is 13.4. The van der Waals surface area contributed by atoms with E-state index in [4.69, 9.17) is 4.74 Å². The predicted molar refractivity (Wildman–Crippen MR) is 62.7 cm³/mol. The Morgan fingerprint density at radius 2 is 2.29 bits per heavy atom. The molecule has 0 aromatic carbocycles. The van der Waals surface area contributed by atoms with E-state index in [9.17, 15) is 9.90 Å². The summed E-state index contributed by atoms with van der Waals surface area (Å²) < 4.78 is 5.27. The molecule has 0 unspecified atom stereocenters. The zero-order valence-corrected chi connectivity index (χ0v) is 10.2. The topological polar surface area (TPSA) is 84.3 Å². The molecule has 1 amide bonds. The van der Waals surface area contributed by atoms with Crippen molar-refractivity contribution in [2.45, 2.75) is 32.8 Å². The van der Waals surface area contributed by atoms with E-state index in [-0.39, 0.29) is 11.9 Å². The second-order valence-electron chi connectivity index (χ2n) is 4.32. The molecule has 1 rings (SSSR count). The Hall–Kier alpha value is -1.69. The van der Waals surface area contributed by atoms with Crippen LogP contribution < -0.4 is 10.1 Å². The normalized spacial score (nSPS) is 11.1. The fraction of sp³-hybridized carbons (Fsp3) is 0.545. The lowest BCUT2D eigenvalue weighted by atomic mass is 10.1. The predicted octanol–water partition coefficient (Wildman–Crippen LogP) is 0.975. The van der Waals surface area contributed by atoms with Crippen LogP contribution in [0.1, 0.15) is 27.2 Å². The van der Waals surface area contributed by atoms with Crippen LogP contribution >= 0.6 is 0 Å². The molecule has 0 spiro atoms. The molecule has 6 nitrogen and oxygen atoms in total. The molecule has 1 aromatic rings. The van der Waals surface area contributed by atoms with Crippen molar-refractivity contribution in [2.75, 3.05) is 11.9 Å². The summed E-state index contributed by atoms with van der Waals surface area (Å²) in [5.41, 5.74) is -0.782. The SMILES string of the molecule is CC(=O)Nc1ccnc(OCCC(C)(C)O)n1. The summed E-state index contributed by atoms with van der Waals surface area (Å²) in [6, 6.07) is 1.75. The van der Waals surface area contributed by atoms with E-state index in [1.807, 2.05) is 0 Å². The highest BCUT2D eigenvalue weighted by Gasteiger charge is 2.12. The maximum Gasteiger partial charge on any atom is 0.318 e. The first-order chi connectivity index (χ1) is 7.87. The Labute approximate surface area is 100 Å². The van der Waals surface area contributed by atoms with Gasteiger partial charge in [-0.05, 0) is 19.9 Å². The molecule has 0 fully saturated rings. The molecular weight excluding hydrogens is 222 g/mol. The third-order valence-corrected chi connectivity index (χ3v) is 1.88. The molecule has 17 heavy (non-hydrogen) atoms. The van der Waals surface area contributed by atoms with Crippen molar-refractivity contribution < 1.29 is 14.6 Å². The molecule has 0 aliphatic carbocycles. The number of nitrogens with one attached hydrogen (secondary N) is 1. The van der Waals surface area contributed by atoms with Gasteiger partial charge >= 0.3 is 6.01 Å². The van der Waals surface area contributed by atoms with Crippen LogP contribution in [0.5, 0.6) is 6.01 Å².